The van der Waals surface area contributed by atoms with Crippen LogP contribution in [-0.4, -0.2) is 16.5 Å². The summed E-state index contributed by atoms with van der Waals surface area (Å²) in [6.07, 6.45) is 1.85. The summed E-state index contributed by atoms with van der Waals surface area (Å²) < 4.78 is 29.4. The van der Waals surface area contributed by atoms with Gasteiger partial charge in [0, 0.05) is 16.2 Å². The van der Waals surface area contributed by atoms with Gasteiger partial charge < -0.3 is 0 Å². The van der Waals surface area contributed by atoms with Crippen molar-refractivity contribution in [2.45, 2.75) is 9.96 Å². The molecule has 0 saturated carbocycles. The van der Waals surface area contributed by atoms with Gasteiger partial charge in [0.2, 0.25) is 3.54 Å². The van der Waals surface area contributed by atoms with Crippen LogP contribution >= 0.6 is 34.7 Å². The molecule has 2 rings (SSSR count). The Morgan fingerprint density at radius 3 is 2.73 bits per heavy atom. The van der Waals surface area contributed by atoms with Crippen LogP contribution in [0.15, 0.2) is 23.6 Å². The van der Waals surface area contributed by atoms with E-state index >= 15 is 0 Å². The Kier molecular flexibility index (Phi) is 2.89. The molecule has 7 heteroatoms. The van der Waals surface area contributed by atoms with Crippen LogP contribution in [0.4, 0.5) is 0 Å². The predicted octanol–water partition coefficient (Wildman–Crippen LogP) is 3.01. The molecular formula is C8H7ClO3S3. The van der Waals surface area contributed by atoms with Gasteiger partial charge in [-0.3, -0.25) is 4.55 Å². The van der Waals surface area contributed by atoms with E-state index in [0.29, 0.717) is 0 Å². The SMILES string of the molecule is O=S(=O)(O)C1(Cl)CC=C(c2cccs2)S1. The summed E-state index contributed by atoms with van der Waals surface area (Å²) in [5, 5.41) is 1.90. The first kappa shape index (κ1) is 11.5. The van der Waals surface area contributed by atoms with E-state index < -0.39 is 13.7 Å². The summed E-state index contributed by atoms with van der Waals surface area (Å²) in [7, 11) is -4.25. The normalized spacial score (nSPS) is 26.7. The first-order valence-corrected chi connectivity index (χ1v) is 7.53. The second-order valence-corrected chi connectivity index (χ2v) is 8.27. The fraction of sp³-hybridized carbons (Fsp3) is 0.250. The number of allylic oxidation sites excluding steroid dienone is 1. The highest BCUT2D eigenvalue weighted by Gasteiger charge is 2.45. The van der Waals surface area contributed by atoms with Gasteiger partial charge in [0.1, 0.15) is 0 Å². The van der Waals surface area contributed by atoms with Crippen LogP contribution in [0, 0.1) is 0 Å². The Morgan fingerprint density at radius 1 is 1.53 bits per heavy atom. The second-order valence-electron chi connectivity index (χ2n) is 2.99. The summed E-state index contributed by atoms with van der Waals surface area (Å²) >= 11 is 8.32. The van der Waals surface area contributed by atoms with E-state index in [2.05, 4.69) is 0 Å². The third kappa shape index (κ3) is 2.09. The lowest BCUT2D eigenvalue weighted by molar-refractivity contribution is 0.476. The van der Waals surface area contributed by atoms with Gasteiger partial charge in [-0.25, -0.2) is 0 Å². The molecule has 0 bridgehead atoms. The maximum atomic E-state index is 11.0. The van der Waals surface area contributed by atoms with Crippen molar-refractivity contribution < 1.29 is 13.0 Å². The number of thiophene rings is 1. The lowest BCUT2D eigenvalue weighted by Gasteiger charge is -2.16. The zero-order chi connectivity index (χ0) is 11.1. The Morgan fingerprint density at radius 2 is 2.27 bits per heavy atom. The number of hydrogen-bond acceptors (Lipinski definition) is 4. The van der Waals surface area contributed by atoms with E-state index in [0.717, 1.165) is 21.5 Å². The standard InChI is InChI=1S/C8H7ClO3S3/c9-8(15(10,11)12)4-3-7(14-8)6-2-1-5-13-6/h1-3,5H,4H2,(H,10,11,12). The van der Waals surface area contributed by atoms with Gasteiger partial charge in [-0.05, 0) is 11.4 Å². The molecule has 0 radical (unpaired) electrons. The lowest BCUT2D eigenvalue weighted by atomic mass is 10.3. The minimum absolute atomic E-state index is 0.116. The quantitative estimate of drug-likeness (QED) is 0.669. The smallest absolute Gasteiger partial charge is 0.284 e. The average molecular weight is 283 g/mol. The molecule has 0 amide bonds. The number of halogens is 1. The van der Waals surface area contributed by atoms with Gasteiger partial charge in [0.05, 0.1) is 0 Å². The highest BCUT2D eigenvalue weighted by Crippen LogP contribution is 2.52. The molecule has 1 aromatic rings. The number of thioether (sulfide) groups is 1. The summed E-state index contributed by atoms with van der Waals surface area (Å²) in [4.78, 5) is 1.77. The molecule has 3 nitrogen and oxygen atoms in total. The molecule has 0 spiro atoms. The summed E-state index contributed by atoms with van der Waals surface area (Å²) in [6, 6.07) is 3.76. The molecule has 2 heterocycles. The summed E-state index contributed by atoms with van der Waals surface area (Å²) in [5.41, 5.74) is 0. The summed E-state index contributed by atoms with van der Waals surface area (Å²) in [6.45, 7) is 0. The van der Waals surface area contributed by atoms with Gasteiger partial charge in [0.15, 0.2) is 0 Å². The highest BCUT2D eigenvalue weighted by molar-refractivity contribution is 8.20. The van der Waals surface area contributed by atoms with Gasteiger partial charge >= 0.3 is 0 Å². The number of hydrogen-bond donors (Lipinski definition) is 1. The monoisotopic (exact) mass is 282 g/mol. The third-order valence-electron chi connectivity index (χ3n) is 1.94. The first-order chi connectivity index (χ1) is 6.92. The van der Waals surface area contributed by atoms with Crippen molar-refractivity contribution in [2.24, 2.45) is 0 Å². The second kappa shape index (κ2) is 3.78. The van der Waals surface area contributed by atoms with E-state index in [-0.39, 0.29) is 6.42 Å². The summed E-state index contributed by atoms with van der Waals surface area (Å²) in [5.74, 6) is 0. The van der Waals surface area contributed by atoms with Gasteiger partial charge in [0.25, 0.3) is 10.1 Å². The molecule has 0 aromatic carbocycles. The molecule has 1 atom stereocenters. The van der Waals surface area contributed by atoms with Crippen LogP contribution in [0.5, 0.6) is 0 Å². The van der Waals surface area contributed by atoms with Gasteiger partial charge in [-0.1, -0.05) is 35.5 Å². The molecule has 15 heavy (non-hydrogen) atoms. The molecule has 1 N–H and O–H groups in total. The van der Waals surface area contributed by atoms with Crippen molar-refractivity contribution in [3.8, 4) is 0 Å². The first-order valence-electron chi connectivity index (χ1n) is 4.01. The fourth-order valence-corrected chi connectivity index (χ4v) is 4.26. The maximum absolute atomic E-state index is 11.0. The number of rotatable bonds is 2. The van der Waals surface area contributed by atoms with Crippen LogP contribution in [-0.2, 0) is 10.1 Å². The van der Waals surface area contributed by atoms with Crippen molar-refractivity contribution in [3.05, 3.63) is 28.5 Å². The van der Waals surface area contributed by atoms with Crippen molar-refractivity contribution in [3.63, 3.8) is 0 Å². The van der Waals surface area contributed by atoms with Crippen LogP contribution in [0.1, 0.15) is 11.3 Å². The van der Waals surface area contributed by atoms with E-state index in [1.807, 2.05) is 17.5 Å². The van der Waals surface area contributed by atoms with Gasteiger partial charge in [-0.15, -0.1) is 11.3 Å². The largest absolute Gasteiger partial charge is 0.295 e. The van der Waals surface area contributed by atoms with Crippen LogP contribution < -0.4 is 0 Å². The zero-order valence-corrected chi connectivity index (χ0v) is 10.6. The topological polar surface area (TPSA) is 54.4 Å². The Bertz CT molecular complexity index is 491. The number of alkyl halides is 1. The van der Waals surface area contributed by atoms with E-state index in [9.17, 15) is 8.42 Å². The minimum Gasteiger partial charge on any atom is -0.284 e. The van der Waals surface area contributed by atoms with Crippen molar-refractivity contribution >= 4 is 49.7 Å². The molecule has 0 saturated heterocycles. The van der Waals surface area contributed by atoms with E-state index in [4.69, 9.17) is 16.2 Å². The molecular weight excluding hydrogens is 276 g/mol. The Labute approximate surface area is 101 Å². The molecule has 1 aliphatic heterocycles. The third-order valence-corrected chi connectivity index (χ3v) is 6.84. The minimum atomic E-state index is -4.25. The van der Waals surface area contributed by atoms with Gasteiger partial charge in [-0.2, -0.15) is 8.42 Å². The van der Waals surface area contributed by atoms with Crippen LogP contribution in [0.25, 0.3) is 4.91 Å². The van der Waals surface area contributed by atoms with Crippen molar-refractivity contribution in [1.82, 2.24) is 0 Å². The predicted molar refractivity (Wildman–Crippen MR) is 64.6 cm³/mol. The Balaban J connectivity index is 2.26. The van der Waals surface area contributed by atoms with Crippen LogP contribution in [0.3, 0.4) is 0 Å². The van der Waals surface area contributed by atoms with Crippen molar-refractivity contribution in [2.75, 3.05) is 0 Å². The zero-order valence-electron chi connectivity index (χ0n) is 7.38. The molecule has 0 aliphatic carbocycles. The average Bonchev–Trinajstić information content (AvgIpc) is 2.70. The fourth-order valence-electron chi connectivity index (χ4n) is 1.19. The Hall–Kier alpha value is -0.0100. The maximum Gasteiger partial charge on any atom is 0.295 e. The van der Waals surface area contributed by atoms with Crippen molar-refractivity contribution in [1.29, 1.82) is 0 Å². The molecule has 1 unspecified atom stereocenters. The lowest BCUT2D eigenvalue weighted by Crippen LogP contribution is -2.25. The highest BCUT2D eigenvalue weighted by atomic mass is 35.5. The van der Waals surface area contributed by atoms with Crippen LogP contribution in [0.2, 0.25) is 0 Å². The molecule has 1 aromatic heterocycles. The van der Waals surface area contributed by atoms with E-state index in [1.54, 1.807) is 6.08 Å². The molecule has 1 aliphatic rings. The van der Waals surface area contributed by atoms with E-state index in [1.165, 1.54) is 11.3 Å². The molecule has 82 valence electrons. The molecule has 0 fully saturated rings.